The number of halogens is 1. The highest BCUT2D eigenvalue weighted by Gasteiger charge is 2.11. The molecule has 0 unspecified atom stereocenters. The highest BCUT2D eigenvalue weighted by molar-refractivity contribution is 6.02. The molecular weight excluding hydrogens is 267 g/mol. The fraction of sp³-hybridized carbons (Fsp3) is 0.235. The van der Waals surface area contributed by atoms with Crippen molar-refractivity contribution in [3.05, 3.63) is 58.9 Å². The summed E-state index contributed by atoms with van der Waals surface area (Å²) in [5.41, 5.74) is 9.02. The predicted molar refractivity (Wildman–Crippen MR) is 81.8 cm³/mol. The first kappa shape index (κ1) is 13.8. The third-order valence-corrected chi connectivity index (χ3v) is 3.66. The van der Waals surface area contributed by atoms with Gasteiger partial charge in [-0.05, 0) is 54.3 Å². The van der Waals surface area contributed by atoms with Crippen LogP contribution in [0, 0.1) is 19.7 Å². The van der Waals surface area contributed by atoms with E-state index in [4.69, 9.17) is 4.74 Å². The van der Waals surface area contributed by atoms with Gasteiger partial charge in [0, 0.05) is 5.56 Å². The van der Waals surface area contributed by atoms with E-state index < -0.39 is 0 Å². The van der Waals surface area contributed by atoms with Gasteiger partial charge in [-0.1, -0.05) is 18.2 Å². The van der Waals surface area contributed by atoms with Crippen LogP contribution in [0.5, 0.6) is 0 Å². The normalized spacial score (nSPS) is 14.5. The molecule has 0 radical (unpaired) electrons. The molecule has 0 aromatic heterocycles. The largest absolute Gasteiger partial charge is 0.353 e. The summed E-state index contributed by atoms with van der Waals surface area (Å²) in [4.78, 5) is 0. The molecule has 0 fully saturated rings. The van der Waals surface area contributed by atoms with Gasteiger partial charge in [0.15, 0.2) is 0 Å². The molecule has 0 spiro atoms. The van der Waals surface area contributed by atoms with E-state index >= 15 is 0 Å². The minimum atomic E-state index is -0.203. The van der Waals surface area contributed by atoms with Gasteiger partial charge in [0.05, 0.1) is 12.3 Å². The van der Waals surface area contributed by atoms with Crippen LogP contribution in [0.25, 0.3) is 11.1 Å². The maximum absolute atomic E-state index is 13.2. The first-order valence-electron chi connectivity index (χ1n) is 6.90. The number of hydrazone groups is 1. The van der Waals surface area contributed by atoms with E-state index in [9.17, 15) is 4.39 Å². The van der Waals surface area contributed by atoms with Gasteiger partial charge in [-0.3, -0.25) is 5.43 Å². The minimum Gasteiger partial charge on any atom is -0.353 e. The SMILES string of the molecule is Cc1cc(F)ccc1-c1ccc(C2=NNCOC2)cc1C. The summed E-state index contributed by atoms with van der Waals surface area (Å²) < 4.78 is 18.6. The van der Waals surface area contributed by atoms with Gasteiger partial charge in [-0.15, -0.1) is 0 Å². The summed E-state index contributed by atoms with van der Waals surface area (Å²) in [6.45, 7) is 4.95. The molecule has 0 aliphatic carbocycles. The molecule has 1 N–H and O–H groups in total. The summed E-state index contributed by atoms with van der Waals surface area (Å²) in [5, 5.41) is 4.26. The molecule has 3 nitrogen and oxygen atoms in total. The van der Waals surface area contributed by atoms with Crippen molar-refractivity contribution in [3.63, 3.8) is 0 Å². The third-order valence-electron chi connectivity index (χ3n) is 3.66. The van der Waals surface area contributed by atoms with Gasteiger partial charge < -0.3 is 4.74 Å². The van der Waals surface area contributed by atoms with E-state index in [1.54, 1.807) is 6.07 Å². The number of benzene rings is 2. The van der Waals surface area contributed by atoms with Crippen LogP contribution in [0.1, 0.15) is 16.7 Å². The van der Waals surface area contributed by atoms with Crippen molar-refractivity contribution in [1.82, 2.24) is 5.43 Å². The highest BCUT2D eigenvalue weighted by Crippen LogP contribution is 2.28. The first-order valence-corrected chi connectivity index (χ1v) is 6.90. The number of aryl methyl sites for hydroxylation is 2. The lowest BCUT2D eigenvalue weighted by molar-refractivity contribution is 0.140. The molecular formula is C17H17FN2O. The van der Waals surface area contributed by atoms with Crippen LogP contribution in [0.15, 0.2) is 41.5 Å². The summed E-state index contributed by atoms with van der Waals surface area (Å²) in [5.74, 6) is -0.203. The number of hydrogen-bond acceptors (Lipinski definition) is 3. The molecule has 4 heteroatoms. The molecule has 2 aromatic rings. The van der Waals surface area contributed by atoms with Gasteiger partial charge in [-0.25, -0.2) is 4.39 Å². The van der Waals surface area contributed by atoms with E-state index in [-0.39, 0.29) is 5.82 Å². The Morgan fingerprint density at radius 2 is 1.76 bits per heavy atom. The summed E-state index contributed by atoms with van der Waals surface area (Å²) in [6, 6.07) is 11.1. The second kappa shape index (κ2) is 5.66. The highest BCUT2D eigenvalue weighted by atomic mass is 19.1. The van der Waals surface area contributed by atoms with Crippen molar-refractivity contribution >= 4 is 5.71 Å². The Labute approximate surface area is 123 Å². The standard InChI is InChI=1S/C17H17FN2O/c1-11-7-13(17-9-21-10-19-20-17)3-5-15(11)16-6-4-14(18)8-12(16)2/h3-8,19H,9-10H2,1-2H3. The van der Waals surface area contributed by atoms with E-state index in [1.165, 1.54) is 6.07 Å². The smallest absolute Gasteiger partial charge is 0.132 e. The topological polar surface area (TPSA) is 33.6 Å². The molecule has 0 bridgehead atoms. The number of nitrogens with zero attached hydrogens (tertiary/aromatic N) is 1. The zero-order valence-corrected chi connectivity index (χ0v) is 12.1. The monoisotopic (exact) mass is 284 g/mol. The van der Waals surface area contributed by atoms with E-state index in [0.29, 0.717) is 13.3 Å². The van der Waals surface area contributed by atoms with Crippen molar-refractivity contribution in [1.29, 1.82) is 0 Å². The molecule has 0 saturated carbocycles. The zero-order valence-electron chi connectivity index (χ0n) is 12.1. The van der Waals surface area contributed by atoms with Crippen LogP contribution in [0.3, 0.4) is 0 Å². The second-order valence-electron chi connectivity index (χ2n) is 5.20. The van der Waals surface area contributed by atoms with Crippen molar-refractivity contribution in [2.75, 3.05) is 13.3 Å². The van der Waals surface area contributed by atoms with E-state index in [2.05, 4.69) is 29.6 Å². The van der Waals surface area contributed by atoms with Crippen LogP contribution in [-0.4, -0.2) is 19.0 Å². The summed E-state index contributed by atoms with van der Waals surface area (Å²) in [6.07, 6.45) is 0. The lowest BCUT2D eigenvalue weighted by Crippen LogP contribution is -2.26. The Kier molecular flexibility index (Phi) is 3.71. The number of ether oxygens (including phenoxy) is 1. The summed E-state index contributed by atoms with van der Waals surface area (Å²) >= 11 is 0. The maximum atomic E-state index is 13.2. The molecule has 1 aliphatic rings. The number of rotatable bonds is 2. The predicted octanol–water partition coefficient (Wildman–Crippen LogP) is 3.39. The average Bonchev–Trinajstić information content (AvgIpc) is 2.49. The molecule has 1 aliphatic heterocycles. The Morgan fingerprint density at radius 3 is 2.38 bits per heavy atom. The molecule has 21 heavy (non-hydrogen) atoms. The Hall–Kier alpha value is -2.20. The van der Waals surface area contributed by atoms with Crippen LogP contribution in [-0.2, 0) is 4.74 Å². The fourth-order valence-corrected chi connectivity index (χ4v) is 2.58. The van der Waals surface area contributed by atoms with Gasteiger partial charge >= 0.3 is 0 Å². The lowest BCUT2D eigenvalue weighted by atomic mass is 9.94. The Balaban J connectivity index is 1.99. The second-order valence-corrected chi connectivity index (χ2v) is 5.20. The molecule has 3 rings (SSSR count). The van der Waals surface area contributed by atoms with Crippen LogP contribution in [0.4, 0.5) is 4.39 Å². The van der Waals surface area contributed by atoms with Gasteiger partial charge in [0.1, 0.15) is 12.5 Å². The third kappa shape index (κ3) is 2.81. The lowest BCUT2D eigenvalue weighted by Gasteiger charge is -2.16. The molecule has 0 amide bonds. The van der Waals surface area contributed by atoms with E-state index in [0.717, 1.165) is 33.5 Å². The van der Waals surface area contributed by atoms with E-state index in [1.807, 2.05) is 19.1 Å². The fourth-order valence-electron chi connectivity index (χ4n) is 2.58. The number of nitrogens with one attached hydrogen (secondary N) is 1. The zero-order chi connectivity index (χ0) is 14.8. The Bertz CT molecular complexity index is 710. The number of hydrogen-bond donors (Lipinski definition) is 1. The Morgan fingerprint density at radius 1 is 1.05 bits per heavy atom. The van der Waals surface area contributed by atoms with Gasteiger partial charge in [0.25, 0.3) is 0 Å². The van der Waals surface area contributed by atoms with Crippen molar-refractivity contribution < 1.29 is 9.13 Å². The van der Waals surface area contributed by atoms with Gasteiger partial charge in [0.2, 0.25) is 0 Å². The van der Waals surface area contributed by atoms with Crippen molar-refractivity contribution in [2.24, 2.45) is 5.10 Å². The average molecular weight is 284 g/mol. The molecule has 108 valence electrons. The minimum absolute atomic E-state index is 0.203. The first-order chi connectivity index (χ1) is 10.1. The summed E-state index contributed by atoms with van der Waals surface area (Å²) in [7, 11) is 0. The quantitative estimate of drug-likeness (QED) is 0.917. The van der Waals surface area contributed by atoms with Crippen molar-refractivity contribution in [3.8, 4) is 11.1 Å². The molecule has 0 saturated heterocycles. The van der Waals surface area contributed by atoms with Gasteiger partial charge in [-0.2, -0.15) is 5.10 Å². The molecule has 2 aromatic carbocycles. The molecule has 0 atom stereocenters. The van der Waals surface area contributed by atoms with Crippen LogP contribution >= 0.6 is 0 Å². The van der Waals surface area contributed by atoms with Crippen molar-refractivity contribution in [2.45, 2.75) is 13.8 Å². The molecule has 1 heterocycles. The maximum Gasteiger partial charge on any atom is 0.132 e. The van der Waals surface area contributed by atoms with Crippen LogP contribution < -0.4 is 5.43 Å². The van der Waals surface area contributed by atoms with Crippen LogP contribution in [0.2, 0.25) is 0 Å².